The van der Waals surface area contributed by atoms with Crippen LogP contribution in [0.1, 0.15) is 10.6 Å². The number of nitrogens with zero attached hydrogens (tertiary/aromatic N) is 1. The average molecular weight is 276 g/mol. The molecule has 0 aliphatic carbocycles. The van der Waals surface area contributed by atoms with Gasteiger partial charge in [-0.25, -0.2) is 4.98 Å². The quantitative estimate of drug-likeness (QED) is 0.878. The molecule has 1 N–H and O–H groups in total. The fourth-order valence-corrected chi connectivity index (χ4v) is 2.30. The minimum Gasteiger partial charge on any atom is -0.497 e. The lowest BCUT2D eigenvalue weighted by Crippen LogP contribution is -2.27. The molecular weight excluding hydrogens is 260 g/mol. The molecule has 0 spiro atoms. The van der Waals surface area contributed by atoms with Gasteiger partial charge in [0, 0.05) is 24.5 Å². The summed E-state index contributed by atoms with van der Waals surface area (Å²) < 4.78 is 5.07. The van der Waals surface area contributed by atoms with Gasteiger partial charge in [0.1, 0.15) is 5.75 Å². The summed E-state index contributed by atoms with van der Waals surface area (Å²) in [5.74, 6) is 0.828. The zero-order chi connectivity index (χ0) is 13.5. The summed E-state index contributed by atoms with van der Waals surface area (Å²) in [4.78, 5) is 15.9. The highest BCUT2D eigenvalue weighted by atomic mass is 32.1. The molecule has 0 fully saturated rings. The Balaban J connectivity index is 1.74. The minimum atomic E-state index is 0.0294. The van der Waals surface area contributed by atoms with Crippen LogP contribution in [-0.2, 0) is 17.6 Å². The number of thiazole rings is 1. The Hall–Kier alpha value is -1.88. The predicted molar refractivity (Wildman–Crippen MR) is 75.5 cm³/mol. The zero-order valence-electron chi connectivity index (χ0n) is 10.8. The first kappa shape index (κ1) is 13.5. The van der Waals surface area contributed by atoms with Crippen molar-refractivity contribution >= 4 is 17.2 Å². The van der Waals surface area contributed by atoms with Crippen LogP contribution >= 0.6 is 11.3 Å². The molecule has 0 atom stereocenters. The van der Waals surface area contributed by atoms with Crippen LogP contribution in [0.5, 0.6) is 5.75 Å². The van der Waals surface area contributed by atoms with Gasteiger partial charge in [-0.1, -0.05) is 12.1 Å². The van der Waals surface area contributed by atoms with E-state index in [4.69, 9.17) is 4.74 Å². The Morgan fingerprint density at radius 2 is 2.16 bits per heavy atom. The molecule has 0 aliphatic heterocycles. The standard InChI is InChI=1S/C14H16N2O2S/c1-18-12-4-2-11(3-5-12)10-13(17)15-7-6-14-16-8-9-19-14/h2-5,8-9H,6-7,10H2,1H3,(H,15,17). The van der Waals surface area contributed by atoms with Crippen molar-refractivity contribution in [3.8, 4) is 5.75 Å². The van der Waals surface area contributed by atoms with Crippen LogP contribution in [0.3, 0.4) is 0 Å². The predicted octanol–water partition coefficient (Wildman–Crippen LogP) is 2.05. The maximum absolute atomic E-state index is 11.7. The van der Waals surface area contributed by atoms with Crippen molar-refractivity contribution in [1.29, 1.82) is 0 Å². The van der Waals surface area contributed by atoms with E-state index in [0.29, 0.717) is 13.0 Å². The molecule has 1 aromatic carbocycles. The molecule has 2 aromatic rings. The van der Waals surface area contributed by atoms with E-state index in [1.54, 1.807) is 24.6 Å². The number of rotatable bonds is 6. The molecule has 19 heavy (non-hydrogen) atoms. The van der Waals surface area contributed by atoms with E-state index >= 15 is 0 Å². The Labute approximate surface area is 116 Å². The molecular formula is C14H16N2O2S. The van der Waals surface area contributed by atoms with Gasteiger partial charge in [-0.15, -0.1) is 11.3 Å². The molecule has 0 aliphatic rings. The molecule has 0 unspecified atom stereocenters. The van der Waals surface area contributed by atoms with Gasteiger partial charge in [0.2, 0.25) is 5.91 Å². The molecule has 0 bridgehead atoms. The smallest absolute Gasteiger partial charge is 0.224 e. The highest BCUT2D eigenvalue weighted by Crippen LogP contribution is 2.11. The Morgan fingerprint density at radius 1 is 1.37 bits per heavy atom. The van der Waals surface area contributed by atoms with E-state index < -0.39 is 0 Å². The molecule has 2 rings (SSSR count). The van der Waals surface area contributed by atoms with Gasteiger partial charge in [0.05, 0.1) is 18.5 Å². The van der Waals surface area contributed by atoms with Crippen LogP contribution in [0.4, 0.5) is 0 Å². The highest BCUT2D eigenvalue weighted by molar-refractivity contribution is 7.09. The fourth-order valence-electron chi connectivity index (χ4n) is 1.68. The van der Waals surface area contributed by atoms with Crippen LogP contribution < -0.4 is 10.1 Å². The number of aromatic nitrogens is 1. The third kappa shape index (κ3) is 4.37. The van der Waals surface area contributed by atoms with Gasteiger partial charge >= 0.3 is 0 Å². The van der Waals surface area contributed by atoms with Crippen molar-refractivity contribution in [3.63, 3.8) is 0 Å². The van der Waals surface area contributed by atoms with Crippen molar-refractivity contribution in [3.05, 3.63) is 46.4 Å². The number of hydrogen-bond acceptors (Lipinski definition) is 4. The number of ether oxygens (including phenoxy) is 1. The third-order valence-electron chi connectivity index (χ3n) is 2.67. The van der Waals surface area contributed by atoms with Crippen molar-refractivity contribution in [1.82, 2.24) is 10.3 Å². The van der Waals surface area contributed by atoms with Gasteiger partial charge in [-0.05, 0) is 17.7 Å². The summed E-state index contributed by atoms with van der Waals surface area (Å²) in [6.45, 7) is 0.627. The van der Waals surface area contributed by atoms with Crippen molar-refractivity contribution in [2.75, 3.05) is 13.7 Å². The van der Waals surface area contributed by atoms with E-state index in [1.807, 2.05) is 29.6 Å². The number of methoxy groups -OCH3 is 1. The molecule has 100 valence electrons. The van der Waals surface area contributed by atoms with Crippen molar-refractivity contribution in [2.45, 2.75) is 12.8 Å². The number of nitrogens with one attached hydrogen (secondary N) is 1. The number of carbonyl (C=O) groups excluding carboxylic acids is 1. The van der Waals surface area contributed by atoms with Gasteiger partial charge in [0.25, 0.3) is 0 Å². The van der Waals surface area contributed by atoms with Crippen LogP contribution in [0.25, 0.3) is 0 Å². The van der Waals surface area contributed by atoms with Crippen LogP contribution in [0.15, 0.2) is 35.8 Å². The average Bonchev–Trinajstić information content (AvgIpc) is 2.93. The molecule has 1 heterocycles. The summed E-state index contributed by atoms with van der Waals surface area (Å²) in [6.07, 6.45) is 2.95. The third-order valence-corrected chi connectivity index (χ3v) is 3.51. The normalized spacial score (nSPS) is 10.2. The van der Waals surface area contributed by atoms with E-state index in [2.05, 4.69) is 10.3 Å². The second-order valence-corrected chi connectivity index (χ2v) is 5.03. The highest BCUT2D eigenvalue weighted by Gasteiger charge is 2.04. The summed E-state index contributed by atoms with van der Waals surface area (Å²) in [5.41, 5.74) is 0.979. The van der Waals surface area contributed by atoms with E-state index in [-0.39, 0.29) is 5.91 Å². The molecule has 1 aromatic heterocycles. The van der Waals surface area contributed by atoms with Crippen LogP contribution in [-0.4, -0.2) is 24.5 Å². The van der Waals surface area contributed by atoms with E-state index in [9.17, 15) is 4.79 Å². The number of amides is 1. The first-order chi connectivity index (χ1) is 9.28. The van der Waals surface area contributed by atoms with E-state index in [1.165, 1.54) is 0 Å². The summed E-state index contributed by atoms with van der Waals surface area (Å²) in [7, 11) is 1.63. The summed E-state index contributed by atoms with van der Waals surface area (Å²) in [5, 5.41) is 5.88. The second kappa shape index (κ2) is 6.89. The molecule has 4 nitrogen and oxygen atoms in total. The van der Waals surface area contributed by atoms with Crippen molar-refractivity contribution in [2.24, 2.45) is 0 Å². The molecule has 5 heteroatoms. The summed E-state index contributed by atoms with van der Waals surface area (Å²) >= 11 is 1.61. The lowest BCUT2D eigenvalue weighted by molar-refractivity contribution is -0.120. The number of benzene rings is 1. The lowest BCUT2D eigenvalue weighted by atomic mass is 10.1. The Morgan fingerprint density at radius 3 is 2.79 bits per heavy atom. The van der Waals surface area contributed by atoms with E-state index in [0.717, 1.165) is 22.7 Å². The second-order valence-electron chi connectivity index (χ2n) is 4.05. The molecule has 0 saturated carbocycles. The first-order valence-electron chi connectivity index (χ1n) is 6.06. The maximum Gasteiger partial charge on any atom is 0.224 e. The molecule has 0 saturated heterocycles. The summed E-state index contributed by atoms with van der Waals surface area (Å²) in [6, 6.07) is 7.52. The van der Waals surface area contributed by atoms with Gasteiger partial charge < -0.3 is 10.1 Å². The number of carbonyl (C=O) groups is 1. The lowest BCUT2D eigenvalue weighted by Gasteiger charge is -2.05. The van der Waals surface area contributed by atoms with Crippen molar-refractivity contribution < 1.29 is 9.53 Å². The van der Waals surface area contributed by atoms with Gasteiger partial charge in [-0.3, -0.25) is 4.79 Å². The van der Waals surface area contributed by atoms with Crippen LogP contribution in [0, 0.1) is 0 Å². The Bertz CT molecular complexity index is 509. The topological polar surface area (TPSA) is 51.2 Å². The first-order valence-corrected chi connectivity index (χ1v) is 6.94. The fraction of sp³-hybridized carbons (Fsp3) is 0.286. The molecule has 1 amide bonds. The van der Waals surface area contributed by atoms with Crippen LogP contribution in [0.2, 0.25) is 0 Å². The largest absolute Gasteiger partial charge is 0.497 e. The van der Waals surface area contributed by atoms with Gasteiger partial charge in [-0.2, -0.15) is 0 Å². The zero-order valence-corrected chi connectivity index (χ0v) is 11.6. The monoisotopic (exact) mass is 276 g/mol. The minimum absolute atomic E-state index is 0.0294. The maximum atomic E-state index is 11.7. The number of hydrogen-bond donors (Lipinski definition) is 1. The SMILES string of the molecule is COc1ccc(CC(=O)NCCc2nccs2)cc1. The molecule has 0 radical (unpaired) electrons. The Kier molecular flexibility index (Phi) is 4.92. The van der Waals surface area contributed by atoms with Gasteiger partial charge in [0.15, 0.2) is 0 Å².